The summed E-state index contributed by atoms with van der Waals surface area (Å²) < 4.78 is 26.0. The highest BCUT2D eigenvalue weighted by Gasteiger charge is 2.24. The first kappa shape index (κ1) is 13.5. The molecule has 2 rings (SSSR count). The molecule has 0 spiro atoms. The molecule has 2 aromatic heterocycles. The zero-order chi connectivity index (χ0) is 13.9. The number of nitrogens with two attached hydrogens (primary N) is 1. The van der Waals surface area contributed by atoms with Gasteiger partial charge in [0.1, 0.15) is 4.90 Å². The summed E-state index contributed by atoms with van der Waals surface area (Å²) in [5, 5.41) is 6.41. The summed E-state index contributed by atoms with van der Waals surface area (Å²) in [5.41, 5.74) is 3.41. The number of aromatic nitrogens is 3. The fraction of sp³-hybridized carbons (Fsp3) is 0.200. The number of sulfonamides is 1. The lowest BCUT2D eigenvalue weighted by atomic mass is 10.4. The number of H-pyrrole nitrogens is 1. The van der Waals surface area contributed by atoms with Crippen LogP contribution in [0.4, 0.5) is 5.69 Å². The van der Waals surface area contributed by atoms with Crippen LogP contribution in [0.5, 0.6) is 0 Å². The number of nitrogens with zero attached hydrogens (tertiary/aromatic N) is 3. The fourth-order valence-electron chi connectivity index (χ4n) is 1.58. The molecular formula is C10H14N6O2S. The van der Waals surface area contributed by atoms with Gasteiger partial charge in [0.2, 0.25) is 10.0 Å². The van der Waals surface area contributed by atoms with Gasteiger partial charge in [-0.1, -0.05) is 0 Å². The van der Waals surface area contributed by atoms with Gasteiger partial charge in [0.25, 0.3) is 0 Å². The normalized spacial score (nSPS) is 11.7. The van der Waals surface area contributed by atoms with E-state index in [-0.39, 0.29) is 11.4 Å². The maximum absolute atomic E-state index is 12.4. The molecule has 0 aromatic carbocycles. The number of rotatable bonds is 5. The first-order valence-electron chi connectivity index (χ1n) is 5.40. The van der Waals surface area contributed by atoms with Crippen LogP contribution in [0.1, 0.15) is 5.56 Å². The molecule has 2 heterocycles. The summed E-state index contributed by atoms with van der Waals surface area (Å²) in [4.78, 5) is 3.85. The van der Waals surface area contributed by atoms with E-state index in [1.807, 2.05) is 0 Å². The zero-order valence-corrected chi connectivity index (χ0v) is 11.1. The Kier molecular flexibility index (Phi) is 3.79. The molecule has 0 fully saturated rings. The lowest BCUT2D eigenvalue weighted by Gasteiger charge is -2.17. The molecule has 8 nitrogen and oxygen atoms in total. The topological polar surface area (TPSA) is 117 Å². The van der Waals surface area contributed by atoms with Crippen LogP contribution in [0.25, 0.3) is 0 Å². The number of nitrogens with one attached hydrogen (secondary N) is 2. The van der Waals surface area contributed by atoms with Crippen molar-refractivity contribution < 1.29 is 8.42 Å². The van der Waals surface area contributed by atoms with Crippen LogP contribution < -0.4 is 11.3 Å². The van der Waals surface area contributed by atoms with E-state index in [9.17, 15) is 8.42 Å². The summed E-state index contributed by atoms with van der Waals surface area (Å²) in [7, 11) is -2.19. The maximum Gasteiger partial charge on any atom is 0.246 e. The number of nitrogen functional groups attached to an aromatic ring is 1. The van der Waals surface area contributed by atoms with E-state index < -0.39 is 10.0 Å². The predicted molar refractivity (Wildman–Crippen MR) is 69.3 cm³/mol. The number of pyridine rings is 1. The van der Waals surface area contributed by atoms with Crippen molar-refractivity contribution in [2.75, 3.05) is 12.5 Å². The second-order valence-electron chi connectivity index (χ2n) is 3.88. The van der Waals surface area contributed by atoms with Crippen LogP contribution in [0.3, 0.4) is 0 Å². The quantitative estimate of drug-likeness (QED) is 0.521. The number of anilines is 1. The Hall–Kier alpha value is -1.97. The Balaban J connectivity index is 2.31. The summed E-state index contributed by atoms with van der Waals surface area (Å²) in [6, 6.07) is 1.50. The highest BCUT2D eigenvalue weighted by Crippen LogP contribution is 2.22. The molecule has 19 heavy (non-hydrogen) atoms. The third-order valence-corrected chi connectivity index (χ3v) is 4.42. The van der Waals surface area contributed by atoms with Gasteiger partial charge in [-0.15, -0.1) is 0 Å². The Morgan fingerprint density at radius 2 is 2.26 bits per heavy atom. The zero-order valence-electron chi connectivity index (χ0n) is 10.2. The third kappa shape index (κ3) is 2.72. The second-order valence-corrected chi connectivity index (χ2v) is 5.90. The van der Waals surface area contributed by atoms with Crippen molar-refractivity contribution in [2.24, 2.45) is 5.84 Å². The molecule has 2 aromatic rings. The smallest absolute Gasteiger partial charge is 0.246 e. The van der Waals surface area contributed by atoms with Crippen LogP contribution in [-0.4, -0.2) is 35.0 Å². The molecule has 0 bridgehead atoms. The Morgan fingerprint density at radius 1 is 1.47 bits per heavy atom. The molecule has 4 N–H and O–H groups in total. The number of aromatic amines is 1. The minimum absolute atomic E-state index is 0.0310. The number of hydrogen-bond acceptors (Lipinski definition) is 6. The minimum Gasteiger partial charge on any atom is -0.323 e. The van der Waals surface area contributed by atoms with Crippen LogP contribution >= 0.6 is 0 Å². The van der Waals surface area contributed by atoms with Gasteiger partial charge in [-0.2, -0.15) is 9.40 Å². The molecule has 9 heteroatoms. The molecule has 0 aliphatic carbocycles. The average Bonchev–Trinajstić information content (AvgIpc) is 2.91. The van der Waals surface area contributed by atoms with E-state index in [1.54, 1.807) is 12.4 Å². The largest absolute Gasteiger partial charge is 0.323 e. The van der Waals surface area contributed by atoms with Crippen molar-refractivity contribution in [3.8, 4) is 0 Å². The minimum atomic E-state index is -3.67. The van der Waals surface area contributed by atoms with Gasteiger partial charge in [-0.25, -0.2) is 8.42 Å². The predicted octanol–water partition coefficient (Wildman–Crippen LogP) is -0.0890. The molecule has 0 saturated carbocycles. The molecule has 0 radical (unpaired) electrons. The monoisotopic (exact) mass is 282 g/mol. The lowest BCUT2D eigenvalue weighted by Crippen LogP contribution is -2.27. The Labute approximate surface area is 110 Å². The van der Waals surface area contributed by atoms with E-state index in [2.05, 4.69) is 20.6 Å². The van der Waals surface area contributed by atoms with Gasteiger partial charge in [0, 0.05) is 37.7 Å². The molecule has 102 valence electrons. The summed E-state index contributed by atoms with van der Waals surface area (Å²) in [6.45, 7) is 0.206. The van der Waals surface area contributed by atoms with Gasteiger partial charge < -0.3 is 5.43 Å². The molecule has 0 unspecified atom stereocenters. The van der Waals surface area contributed by atoms with Gasteiger partial charge in [-0.3, -0.25) is 15.9 Å². The number of hydrazine groups is 1. The van der Waals surface area contributed by atoms with Crippen LogP contribution in [0.2, 0.25) is 0 Å². The summed E-state index contributed by atoms with van der Waals surface area (Å²) >= 11 is 0. The van der Waals surface area contributed by atoms with Crippen molar-refractivity contribution >= 4 is 15.7 Å². The average molecular weight is 282 g/mol. The van der Waals surface area contributed by atoms with Gasteiger partial charge in [0.05, 0.1) is 11.9 Å². The summed E-state index contributed by atoms with van der Waals surface area (Å²) in [5.74, 6) is 5.31. The van der Waals surface area contributed by atoms with Crippen molar-refractivity contribution in [1.82, 2.24) is 19.5 Å². The summed E-state index contributed by atoms with van der Waals surface area (Å²) in [6.07, 6.45) is 5.93. The van der Waals surface area contributed by atoms with Crippen LogP contribution in [0, 0.1) is 0 Å². The number of hydrogen-bond donors (Lipinski definition) is 3. The highest BCUT2D eigenvalue weighted by atomic mass is 32.2. The Morgan fingerprint density at radius 3 is 2.89 bits per heavy atom. The molecule has 0 atom stereocenters. The molecule has 0 amide bonds. The first-order chi connectivity index (χ1) is 9.05. The SMILES string of the molecule is CN(Cc1cn[nH]c1)S(=O)(=O)c1cnccc1NN. The van der Waals surface area contributed by atoms with Gasteiger partial charge in [0.15, 0.2) is 0 Å². The molecule has 0 aliphatic heterocycles. The highest BCUT2D eigenvalue weighted by molar-refractivity contribution is 7.89. The molecule has 0 saturated heterocycles. The van der Waals surface area contributed by atoms with E-state index in [0.717, 1.165) is 5.56 Å². The Bertz CT molecular complexity index is 640. The second kappa shape index (κ2) is 5.34. The van der Waals surface area contributed by atoms with E-state index in [1.165, 1.54) is 29.8 Å². The van der Waals surface area contributed by atoms with E-state index in [0.29, 0.717) is 5.69 Å². The van der Waals surface area contributed by atoms with Crippen molar-refractivity contribution in [3.63, 3.8) is 0 Å². The van der Waals surface area contributed by atoms with Crippen molar-refractivity contribution in [2.45, 2.75) is 11.4 Å². The van der Waals surface area contributed by atoms with Crippen LogP contribution in [-0.2, 0) is 16.6 Å². The maximum atomic E-state index is 12.4. The van der Waals surface area contributed by atoms with Crippen molar-refractivity contribution in [1.29, 1.82) is 0 Å². The standard InChI is InChI=1S/C10H14N6O2S/c1-16(7-8-4-13-14-5-8)19(17,18)10-6-12-3-2-9(10)15-11/h2-6H,7,11H2,1H3,(H,12,15)(H,13,14). The molecule has 0 aliphatic rings. The first-order valence-corrected chi connectivity index (χ1v) is 6.84. The fourth-order valence-corrected chi connectivity index (χ4v) is 2.83. The van der Waals surface area contributed by atoms with Crippen molar-refractivity contribution in [3.05, 3.63) is 36.4 Å². The van der Waals surface area contributed by atoms with Gasteiger partial charge >= 0.3 is 0 Å². The van der Waals surface area contributed by atoms with Gasteiger partial charge in [-0.05, 0) is 6.07 Å². The molecular weight excluding hydrogens is 268 g/mol. The van der Waals surface area contributed by atoms with Crippen LogP contribution in [0.15, 0.2) is 35.7 Å². The van der Waals surface area contributed by atoms with E-state index in [4.69, 9.17) is 5.84 Å². The van der Waals surface area contributed by atoms with E-state index >= 15 is 0 Å². The lowest BCUT2D eigenvalue weighted by molar-refractivity contribution is 0.467. The third-order valence-electron chi connectivity index (χ3n) is 2.59.